The molecule has 0 aliphatic carbocycles. The van der Waals surface area contributed by atoms with E-state index in [0.717, 1.165) is 10.0 Å². The maximum absolute atomic E-state index is 12.0. The zero-order valence-electron chi connectivity index (χ0n) is 9.58. The molecule has 18 heavy (non-hydrogen) atoms. The number of benzene rings is 1. The van der Waals surface area contributed by atoms with Crippen molar-refractivity contribution in [2.75, 3.05) is 5.32 Å². The predicted octanol–water partition coefficient (Wildman–Crippen LogP) is 4.06. The van der Waals surface area contributed by atoms with Crippen LogP contribution in [-0.4, -0.2) is 10.9 Å². The van der Waals surface area contributed by atoms with Gasteiger partial charge in [-0.1, -0.05) is 29.3 Å². The van der Waals surface area contributed by atoms with Crippen molar-refractivity contribution in [1.82, 2.24) is 4.98 Å². The van der Waals surface area contributed by atoms with Crippen molar-refractivity contribution in [2.24, 2.45) is 0 Å². The van der Waals surface area contributed by atoms with Crippen molar-refractivity contribution >= 4 is 39.1 Å². The van der Waals surface area contributed by atoms with E-state index in [1.165, 1.54) is 0 Å². The van der Waals surface area contributed by atoms with E-state index in [0.29, 0.717) is 11.3 Å². The molecule has 2 rings (SSSR count). The Morgan fingerprint density at radius 1 is 1.33 bits per heavy atom. The van der Waals surface area contributed by atoms with E-state index in [2.05, 4.69) is 26.2 Å². The van der Waals surface area contributed by atoms with E-state index < -0.39 is 0 Å². The summed E-state index contributed by atoms with van der Waals surface area (Å²) in [5, 5.41) is 2.99. The van der Waals surface area contributed by atoms with Gasteiger partial charge in [-0.25, -0.2) is 4.98 Å². The van der Waals surface area contributed by atoms with Crippen LogP contribution in [-0.2, 0) is 0 Å². The lowest BCUT2D eigenvalue weighted by Gasteiger charge is -2.07. The van der Waals surface area contributed by atoms with Crippen LogP contribution in [0.5, 0.6) is 0 Å². The van der Waals surface area contributed by atoms with E-state index >= 15 is 0 Å². The SMILES string of the molecule is Cc1ccc(C(=O)Nc2cc(Br)cnc2Cl)cc1. The highest BCUT2D eigenvalue weighted by Crippen LogP contribution is 2.23. The van der Waals surface area contributed by atoms with Gasteiger partial charge in [0.2, 0.25) is 0 Å². The van der Waals surface area contributed by atoms with Crippen molar-refractivity contribution in [2.45, 2.75) is 6.92 Å². The molecule has 0 aliphatic rings. The Bertz CT molecular complexity index is 584. The summed E-state index contributed by atoms with van der Waals surface area (Å²) in [4.78, 5) is 15.9. The number of nitrogens with zero attached hydrogens (tertiary/aromatic N) is 1. The fraction of sp³-hybridized carbons (Fsp3) is 0.0769. The Labute approximate surface area is 118 Å². The van der Waals surface area contributed by atoms with Crippen LogP contribution in [0.4, 0.5) is 5.69 Å². The molecule has 1 N–H and O–H groups in total. The standard InChI is InChI=1S/C13H10BrClN2O/c1-8-2-4-9(5-3-8)13(18)17-11-6-10(14)7-16-12(11)15/h2-7H,1H3,(H,17,18). The molecule has 1 aromatic heterocycles. The molecular formula is C13H10BrClN2O. The highest BCUT2D eigenvalue weighted by atomic mass is 79.9. The molecule has 0 aliphatic heterocycles. The minimum Gasteiger partial charge on any atom is -0.319 e. The Kier molecular flexibility index (Phi) is 3.99. The Balaban J connectivity index is 2.21. The van der Waals surface area contributed by atoms with Crippen LogP contribution >= 0.6 is 27.5 Å². The summed E-state index contributed by atoms with van der Waals surface area (Å²) in [6, 6.07) is 9.01. The maximum atomic E-state index is 12.0. The molecule has 1 amide bonds. The predicted molar refractivity (Wildman–Crippen MR) is 76.1 cm³/mol. The molecule has 0 spiro atoms. The van der Waals surface area contributed by atoms with Gasteiger partial charge in [-0.05, 0) is 41.1 Å². The molecule has 0 saturated heterocycles. The molecule has 1 aromatic carbocycles. The van der Waals surface area contributed by atoms with E-state index in [9.17, 15) is 4.79 Å². The lowest BCUT2D eigenvalue weighted by Crippen LogP contribution is -2.12. The number of aryl methyl sites for hydroxylation is 1. The van der Waals surface area contributed by atoms with Gasteiger partial charge in [0.05, 0.1) is 5.69 Å². The number of anilines is 1. The van der Waals surface area contributed by atoms with Gasteiger partial charge in [0.15, 0.2) is 5.15 Å². The fourth-order valence-electron chi connectivity index (χ4n) is 1.41. The molecule has 0 saturated carbocycles. The molecule has 0 atom stereocenters. The van der Waals surface area contributed by atoms with Gasteiger partial charge in [-0.2, -0.15) is 0 Å². The number of nitrogens with one attached hydrogen (secondary N) is 1. The highest BCUT2D eigenvalue weighted by molar-refractivity contribution is 9.10. The number of pyridine rings is 1. The van der Waals surface area contributed by atoms with Crippen LogP contribution in [0.2, 0.25) is 5.15 Å². The van der Waals surface area contributed by atoms with Gasteiger partial charge in [0.1, 0.15) is 0 Å². The first-order chi connectivity index (χ1) is 8.56. The van der Waals surface area contributed by atoms with Crippen LogP contribution < -0.4 is 5.32 Å². The normalized spacial score (nSPS) is 10.2. The second-order valence-electron chi connectivity index (χ2n) is 3.81. The third kappa shape index (κ3) is 3.09. The van der Waals surface area contributed by atoms with Crippen LogP contribution in [0.25, 0.3) is 0 Å². The molecule has 0 radical (unpaired) electrons. The Hall–Kier alpha value is -1.39. The van der Waals surface area contributed by atoms with Crippen molar-refractivity contribution < 1.29 is 4.79 Å². The second kappa shape index (κ2) is 5.50. The highest BCUT2D eigenvalue weighted by Gasteiger charge is 2.09. The number of halogens is 2. The van der Waals surface area contributed by atoms with E-state index in [1.54, 1.807) is 24.4 Å². The minimum atomic E-state index is -0.211. The summed E-state index contributed by atoms with van der Waals surface area (Å²) in [7, 11) is 0. The molecule has 1 heterocycles. The van der Waals surface area contributed by atoms with Crippen LogP contribution in [0.15, 0.2) is 41.0 Å². The first-order valence-corrected chi connectivity index (χ1v) is 6.42. The van der Waals surface area contributed by atoms with Crippen LogP contribution in [0, 0.1) is 6.92 Å². The third-order valence-corrected chi connectivity index (χ3v) is 3.10. The molecule has 0 bridgehead atoms. The average Bonchev–Trinajstić information content (AvgIpc) is 2.34. The maximum Gasteiger partial charge on any atom is 0.255 e. The minimum absolute atomic E-state index is 0.211. The van der Waals surface area contributed by atoms with E-state index in [4.69, 9.17) is 11.6 Å². The van der Waals surface area contributed by atoms with Crippen molar-refractivity contribution in [3.63, 3.8) is 0 Å². The third-order valence-electron chi connectivity index (χ3n) is 2.37. The molecule has 92 valence electrons. The summed E-state index contributed by atoms with van der Waals surface area (Å²) in [5.74, 6) is -0.211. The monoisotopic (exact) mass is 324 g/mol. The largest absolute Gasteiger partial charge is 0.319 e. The smallest absolute Gasteiger partial charge is 0.255 e. The molecule has 0 unspecified atom stereocenters. The molecule has 5 heteroatoms. The quantitative estimate of drug-likeness (QED) is 0.846. The summed E-state index contributed by atoms with van der Waals surface area (Å²) >= 11 is 9.19. The molecule has 0 fully saturated rings. The first-order valence-electron chi connectivity index (χ1n) is 5.25. The van der Waals surface area contributed by atoms with Crippen LogP contribution in [0.1, 0.15) is 15.9 Å². The average molecular weight is 326 g/mol. The Morgan fingerprint density at radius 2 is 2.00 bits per heavy atom. The number of rotatable bonds is 2. The lowest BCUT2D eigenvalue weighted by molar-refractivity contribution is 0.102. The number of aromatic nitrogens is 1. The molecule has 3 nitrogen and oxygen atoms in total. The van der Waals surface area contributed by atoms with Gasteiger partial charge >= 0.3 is 0 Å². The van der Waals surface area contributed by atoms with Gasteiger partial charge in [-0.3, -0.25) is 4.79 Å². The lowest BCUT2D eigenvalue weighted by atomic mass is 10.1. The first kappa shape index (κ1) is 13.1. The number of hydrogen-bond donors (Lipinski definition) is 1. The summed E-state index contributed by atoms with van der Waals surface area (Å²) < 4.78 is 0.756. The Morgan fingerprint density at radius 3 is 2.67 bits per heavy atom. The summed E-state index contributed by atoms with van der Waals surface area (Å²) in [6.07, 6.45) is 1.57. The summed E-state index contributed by atoms with van der Waals surface area (Å²) in [5.41, 5.74) is 2.17. The topological polar surface area (TPSA) is 42.0 Å². The second-order valence-corrected chi connectivity index (χ2v) is 5.09. The zero-order chi connectivity index (χ0) is 13.1. The summed E-state index contributed by atoms with van der Waals surface area (Å²) in [6.45, 7) is 1.97. The van der Waals surface area contributed by atoms with Crippen molar-refractivity contribution in [3.8, 4) is 0 Å². The van der Waals surface area contributed by atoms with E-state index in [-0.39, 0.29) is 11.1 Å². The van der Waals surface area contributed by atoms with Gasteiger partial charge in [0, 0.05) is 16.2 Å². The van der Waals surface area contributed by atoms with E-state index in [1.807, 2.05) is 19.1 Å². The number of amides is 1. The molecule has 2 aromatic rings. The fourth-order valence-corrected chi connectivity index (χ4v) is 1.89. The zero-order valence-corrected chi connectivity index (χ0v) is 11.9. The van der Waals surface area contributed by atoms with Gasteiger partial charge in [0.25, 0.3) is 5.91 Å². The van der Waals surface area contributed by atoms with Crippen LogP contribution in [0.3, 0.4) is 0 Å². The number of carbonyl (C=O) groups excluding carboxylic acids is 1. The molecular weight excluding hydrogens is 316 g/mol. The van der Waals surface area contributed by atoms with Crippen molar-refractivity contribution in [3.05, 3.63) is 57.3 Å². The number of hydrogen-bond acceptors (Lipinski definition) is 2. The van der Waals surface area contributed by atoms with Crippen molar-refractivity contribution in [1.29, 1.82) is 0 Å². The van der Waals surface area contributed by atoms with Gasteiger partial charge in [-0.15, -0.1) is 0 Å². The number of carbonyl (C=O) groups is 1. The van der Waals surface area contributed by atoms with Gasteiger partial charge < -0.3 is 5.32 Å².